The van der Waals surface area contributed by atoms with Gasteiger partial charge in [0.2, 0.25) is 7.42 Å². The van der Waals surface area contributed by atoms with E-state index in [0.29, 0.717) is 6.10 Å². The van der Waals surface area contributed by atoms with Gasteiger partial charge >= 0.3 is 0 Å². The minimum atomic E-state index is -1.44. The highest BCUT2D eigenvalue weighted by Crippen LogP contribution is 2.34. The Balaban J connectivity index is 1.69. The van der Waals surface area contributed by atoms with Crippen LogP contribution in [0.15, 0.2) is 24.3 Å². The van der Waals surface area contributed by atoms with Crippen LogP contribution in [0.3, 0.4) is 0 Å². The largest absolute Gasteiger partial charge is 0.378 e. The summed E-state index contributed by atoms with van der Waals surface area (Å²) < 4.78 is 5.99. The zero-order valence-corrected chi connectivity index (χ0v) is 16.9. The van der Waals surface area contributed by atoms with Gasteiger partial charge in [0, 0.05) is 6.61 Å². The molecule has 0 amide bonds. The van der Waals surface area contributed by atoms with Crippen LogP contribution in [0.25, 0.3) is 0 Å². The molecule has 0 aliphatic heterocycles. The maximum Gasteiger partial charge on any atom is 0.237 e. The lowest BCUT2D eigenvalue weighted by Gasteiger charge is -2.29. The lowest BCUT2D eigenvalue weighted by molar-refractivity contribution is 0.0251. The highest BCUT2D eigenvalue weighted by Gasteiger charge is 2.22. The fourth-order valence-corrected chi connectivity index (χ4v) is 4.79. The van der Waals surface area contributed by atoms with E-state index in [1.54, 1.807) is 0 Å². The second kappa shape index (κ2) is 10.8. The normalized spacial score (nSPS) is 21.7. The molecular formula is C19H30Cl2OSi. The van der Waals surface area contributed by atoms with Gasteiger partial charge < -0.3 is 4.74 Å². The van der Waals surface area contributed by atoms with Crippen LogP contribution in [-0.2, 0) is 11.2 Å². The molecule has 4 heteroatoms. The van der Waals surface area contributed by atoms with Crippen molar-refractivity contribution < 1.29 is 4.74 Å². The Kier molecular flexibility index (Phi) is 9.03. The molecule has 0 heterocycles. The summed E-state index contributed by atoms with van der Waals surface area (Å²) in [5.74, 6) is 0.720. The van der Waals surface area contributed by atoms with Gasteiger partial charge in [0.1, 0.15) is 0 Å². The topological polar surface area (TPSA) is 9.23 Å². The fraction of sp³-hybridized carbons (Fsp3) is 0.684. The van der Waals surface area contributed by atoms with Gasteiger partial charge in [0.05, 0.1) is 6.10 Å². The molecule has 0 atom stereocenters. The number of unbranched alkanes of at least 4 members (excludes halogenated alkanes) is 1. The molecule has 0 spiro atoms. The van der Waals surface area contributed by atoms with Crippen LogP contribution in [0.4, 0.5) is 0 Å². The van der Waals surface area contributed by atoms with Gasteiger partial charge in [0.15, 0.2) is 0 Å². The summed E-state index contributed by atoms with van der Waals surface area (Å²) in [6, 6.07) is 10.3. The third-order valence-corrected chi connectivity index (χ3v) is 7.02. The van der Waals surface area contributed by atoms with Gasteiger partial charge in [-0.3, -0.25) is 0 Å². The third-order valence-electron chi connectivity index (χ3n) is 4.86. The molecule has 2 rings (SSSR count). The number of halogens is 2. The van der Waals surface area contributed by atoms with Crippen molar-refractivity contribution in [1.29, 1.82) is 0 Å². The first-order valence-electron chi connectivity index (χ1n) is 9.17. The summed E-state index contributed by atoms with van der Waals surface area (Å²) in [5, 5.41) is 0. The van der Waals surface area contributed by atoms with Gasteiger partial charge in [0.25, 0.3) is 0 Å². The Morgan fingerprint density at radius 1 is 1.04 bits per heavy atom. The van der Waals surface area contributed by atoms with E-state index in [1.807, 2.05) is 0 Å². The smallest absolute Gasteiger partial charge is 0.237 e. The van der Waals surface area contributed by atoms with E-state index in [0.717, 1.165) is 25.0 Å². The summed E-state index contributed by atoms with van der Waals surface area (Å²) in [6.07, 6.45) is 10.1. The van der Waals surface area contributed by atoms with Crippen molar-refractivity contribution in [3.63, 3.8) is 0 Å². The number of ether oxygens (including phenoxy) is 1. The summed E-state index contributed by atoms with van der Waals surface area (Å²) in [6.45, 7) is 3.07. The minimum absolute atomic E-state index is 0.445. The summed E-state index contributed by atoms with van der Waals surface area (Å²) >= 11 is 11.7. The van der Waals surface area contributed by atoms with Crippen molar-refractivity contribution in [2.75, 3.05) is 6.61 Å². The number of hydrogen-bond donors (Lipinski definition) is 0. The van der Waals surface area contributed by atoms with Crippen LogP contribution in [0, 0.1) is 0 Å². The van der Waals surface area contributed by atoms with Gasteiger partial charge in [-0.1, -0.05) is 37.6 Å². The van der Waals surface area contributed by atoms with E-state index in [-0.39, 0.29) is 0 Å². The molecule has 1 aliphatic carbocycles. The highest BCUT2D eigenvalue weighted by molar-refractivity contribution is 7.33. The lowest BCUT2D eigenvalue weighted by Crippen LogP contribution is -2.21. The van der Waals surface area contributed by atoms with Crippen LogP contribution in [0.2, 0.25) is 6.04 Å². The lowest BCUT2D eigenvalue weighted by atomic mass is 9.82. The van der Waals surface area contributed by atoms with Gasteiger partial charge in [-0.15, -0.1) is 0 Å². The second-order valence-electron chi connectivity index (χ2n) is 6.72. The molecule has 23 heavy (non-hydrogen) atoms. The molecule has 0 saturated heterocycles. The highest BCUT2D eigenvalue weighted by atomic mass is 35.7. The molecule has 1 saturated carbocycles. The predicted octanol–water partition coefficient (Wildman–Crippen LogP) is 6.16. The Morgan fingerprint density at radius 2 is 1.74 bits per heavy atom. The first-order chi connectivity index (χ1) is 11.2. The molecule has 0 N–H and O–H groups in total. The summed E-state index contributed by atoms with van der Waals surface area (Å²) in [5.41, 5.74) is 3.00. The van der Waals surface area contributed by atoms with E-state index in [9.17, 15) is 0 Å². The quantitative estimate of drug-likeness (QED) is 0.286. The third kappa shape index (κ3) is 7.17. The van der Waals surface area contributed by atoms with E-state index < -0.39 is 7.42 Å². The summed E-state index contributed by atoms with van der Waals surface area (Å²) in [7, 11) is -1.44. The molecule has 0 bridgehead atoms. The van der Waals surface area contributed by atoms with Crippen molar-refractivity contribution in [3.05, 3.63) is 35.4 Å². The number of aryl methyl sites for hydroxylation is 1. The SMILES string of the molecule is CCCCc1ccc(C2CCC(OCCC[SiH](Cl)Cl)CC2)cc1. The van der Waals surface area contributed by atoms with Crippen molar-refractivity contribution in [2.45, 2.75) is 76.4 Å². The van der Waals surface area contributed by atoms with Crippen LogP contribution in [0.1, 0.15) is 68.9 Å². The van der Waals surface area contributed by atoms with Crippen LogP contribution < -0.4 is 0 Å². The fourth-order valence-electron chi connectivity index (χ4n) is 3.39. The monoisotopic (exact) mass is 372 g/mol. The zero-order chi connectivity index (χ0) is 16.5. The first-order valence-corrected chi connectivity index (χ1v) is 13.5. The first kappa shape index (κ1) is 19.3. The molecule has 1 aliphatic rings. The Bertz CT molecular complexity index is 428. The minimum Gasteiger partial charge on any atom is -0.378 e. The number of hydrogen-bond acceptors (Lipinski definition) is 1. The average molecular weight is 373 g/mol. The van der Waals surface area contributed by atoms with Gasteiger partial charge in [-0.05, 0) is 68.0 Å². The van der Waals surface area contributed by atoms with E-state index in [4.69, 9.17) is 26.9 Å². The number of benzene rings is 1. The van der Waals surface area contributed by atoms with Crippen molar-refractivity contribution in [2.24, 2.45) is 0 Å². The van der Waals surface area contributed by atoms with Crippen molar-refractivity contribution >= 4 is 29.6 Å². The van der Waals surface area contributed by atoms with Crippen LogP contribution >= 0.6 is 22.2 Å². The second-order valence-corrected chi connectivity index (χ2v) is 11.9. The standard InChI is InChI=1S/C19H30Cl2OSi/c1-2-3-5-16-6-8-17(9-7-16)18-10-12-19(13-11-18)22-14-4-15-23(20)21/h6-9,18-19,23H,2-5,10-15H2,1H3. The average Bonchev–Trinajstić information content (AvgIpc) is 2.58. The van der Waals surface area contributed by atoms with Crippen molar-refractivity contribution in [3.8, 4) is 0 Å². The maximum atomic E-state index is 5.99. The van der Waals surface area contributed by atoms with Crippen molar-refractivity contribution in [1.82, 2.24) is 0 Å². The predicted molar refractivity (Wildman–Crippen MR) is 104 cm³/mol. The maximum absolute atomic E-state index is 5.99. The summed E-state index contributed by atoms with van der Waals surface area (Å²) in [4.78, 5) is 0. The van der Waals surface area contributed by atoms with E-state index in [1.165, 1.54) is 56.1 Å². The zero-order valence-electron chi connectivity index (χ0n) is 14.3. The van der Waals surface area contributed by atoms with Crippen LogP contribution in [0.5, 0.6) is 0 Å². The van der Waals surface area contributed by atoms with Gasteiger partial charge in [-0.2, -0.15) is 22.2 Å². The molecule has 1 aromatic rings. The van der Waals surface area contributed by atoms with E-state index >= 15 is 0 Å². The molecule has 0 aromatic heterocycles. The van der Waals surface area contributed by atoms with E-state index in [2.05, 4.69) is 31.2 Å². The Morgan fingerprint density at radius 3 is 2.35 bits per heavy atom. The Hall–Kier alpha value is -0.0231. The van der Waals surface area contributed by atoms with Gasteiger partial charge in [-0.25, -0.2) is 0 Å². The molecule has 0 radical (unpaired) electrons. The molecule has 1 fully saturated rings. The molecule has 0 unspecified atom stereocenters. The molecule has 1 aromatic carbocycles. The Labute approximate surface area is 152 Å². The molecular weight excluding hydrogens is 343 g/mol. The molecule has 130 valence electrons. The van der Waals surface area contributed by atoms with Crippen LogP contribution in [-0.4, -0.2) is 20.1 Å². The number of rotatable bonds is 9. The molecule has 1 nitrogen and oxygen atoms in total.